The van der Waals surface area contributed by atoms with Crippen molar-refractivity contribution >= 4 is 0 Å². The third-order valence-corrected chi connectivity index (χ3v) is 4.97. The molecule has 2 aliphatic rings. The minimum absolute atomic E-state index is 0.553. The molecule has 0 saturated carbocycles. The van der Waals surface area contributed by atoms with E-state index in [9.17, 15) is 5.11 Å². The maximum absolute atomic E-state index is 11.1. The van der Waals surface area contributed by atoms with Gasteiger partial charge in [0.25, 0.3) is 0 Å². The predicted molar refractivity (Wildman–Crippen MR) is 78.0 cm³/mol. The number of benzene rings is 1. The number of rotatable bonds is 2. The van der Waals surface area contributed by atoms with Gasteiger partial charge in [-0.2, -0.15) is 0 Å². The Labute approximate surface area is 116 Å². The van der Waals surface area contributed by atoms with Crippen LogP contribution in [0.25, 0.3) is 0 Å². The fourth-order valence-electron chi connectivity index (χ4n) is 4.29. The van der Waals surface area contributed by atoms with E-state index in [2.05, 4.69) is 30.9 Å². The summed E-state index contributed by atoms with van der Waals surface area (Å²) in [6.45, 7) is 4.58. The summed E-state index contributed by atoms with van der Waals surface area (Å²) < 4.78 is 0. The lowest BCUT2D eigenvalue weighted by Crippen LogP contribution is -2.58. The molecule has 1 aromatic carbocycles. The highest BCUT2D eigenvalue weighted by Crippen LogP contribution is 2.44. The number of piperidine rings is 2. The average Bonchev–Trinajstić information content (AvgIpc) is 2.38. The van der Waals surface area contributed by atoms with Crippen LogP contribution in [-0.2, 0) is 5.60 Å². The van der Waals surface area contributed by atoms with Crippen molar-refractivity contribution in [1.29, 1.82) is 0 Å². The maximum atomic E-state index is 11.1. The predicted octanol–water partition coefficient (Wildman–Crippen LogP) is 3.30. The fourth-order valence-corrected chi connectivity index (χ4v) is 4.29. The van der Waals surface area contributed by atoms with Crippen molar-refractivity contribution in [2.75, 3.05) is 0 Å². The lowest BCUT2D eigenvalue weighted by atomic mass is 9.72. The molecule has 0 amide bonds. The zero-order chi connectivity index (χ0) is 13.5. The van der Waals surface area contributed by atoms with Crippen LogP contribution < -0.4 is 0 Å². The summed E-state index contributed by atoms with van der Waals surface area (Å²) in [7, 11) is 0. The largest absolute Gasteiger partial charge is 0.385 e. The molecule has 19 heavy (non-hydrogen) atoms. The van der Waals surface area contributed by atoms with Gasteiger partial charge in [0.15, 0.2) is 0 Å². The quantitative estimate of drug-likeness (QED) is 0.881. The van der Waals surface area contributed by atoms with Crippen LogP contribution in [-0.4, -0.2) is 28.1 Å². The van der Waals surface area contributed by atoms with Crippen LogP contribution in [0.5, 0.6) is 0 Å². The van der Waals surface area contributed by atoms with Gasteiger partial charge in [-0.1, -0.05) is 36.8 Å². The Morgan fingerprint density at radius 3 is 2.21 bits per heavy atom. The molecule has 2 atom stereocenters. The van der Waals surface area contributed by atoms with Crippen LogP contribution in [0.2, 0.25) is 0 Å². The Morgan fingerprint density at radius 1 is 1.11 bits per heavy atom. The number of aliphatic hydroxyl groups is 1. The molecule has 0 aliphatic carbocycles. The first-order valence-corrected chi connectivity index (χ1v) is 7.65. The first-order valence-electron chi connectivity index (χ1n) is 7.65. The van der Waals surface area contributed by atoms with E-state index in [-0.39, 0.29) is 0 Å². The molecule has 3 rings (SSSR count). The number of fused-ring (bicyclic) bond motifs is 2. The fraction of sp³-hybridized carbons (Fsp3) is 0.647. The Kier molecular flexibility index (Phi) is 3.40. The van der Waals surface area contributed by atoms with Gasteiger partial charge in [0.1, 0.15) is 0 Å². The second-order valence-corrected chi connectivity index (χ2v) is 6.59. The maximum Gasteiger partial charge on any atom is 0.0926 e. The molecule has 2 nitrogen and oxygen atoms in total. The van der Waals surface area contributed by atoms with Crippen LogP contribution in [0.3, 0.4) is 0 Å². The van der Waals surface area contributed by atoms with Crippen molar-refractivity contribution < 1.29 is 5.11 Å². The van der Waals surface area contributed by atoms with Gasteiger partial charge in [0.2, 0.25) is 0 Å². The van der Waals surface area contributed by atoms with Crippen LogP contribution in [0.4, 0.5) is 0 Å². The molecular weight excluding hydrogens is 234 g/mol. The van der Waals surface area contributed by atoms with Crippen LogP contribution >= 0.6 is 0 Å². The summed E-state index contributed by atoms with van der Waals surface area (Å²) in [4.78, 5) is 2.65. The van der Waals surface area contributed by atoms with Gasteiger partial charge >= 0.3 is 0 Å². The molecule has 2 heteroatoms. The molecule has 2 saturated heterocycles. The highest BCUT2D eigenvalue weighted by atomic mass is 16.3. The Morgan fingerprint density at radius 2 is 1.68 bits per heavy atom. The zero-order valence-corrected chi connectivity index (χ0v) is 12.0. The SMILES string of the molecule is CC(C)N1C2CCCC1CC(O)(c1ccccc1)C2. The lowest BCUT2D eigenvalue weighted by molar-refractivity contribution is -0.107. The Balaban J connectivity index is 1.89. The van der Waals surface area contributed by atoms with E-state index in [4.69, 9.17) is 0 Å². The molecule has 2 heterocycles. The minimum atomic E-state index is -0.609. The minimum Gasteiger partial charge on any atom is -0.385 e. The van der Waals surface area contributed by atoms with E-state index < -0.39 is 5.60 Å². The smallest absolute Gasteiger partial charge is 0.0926 e. The van der Waals surface area contributed by atoms with Gasteiger partial charge in [-0.3, -0.25) is 4.90 Å². The molecule has 104 valence electrons. The number of hydrogen-bond acceptors (Lipinski definition) is 2. The van der Waals surface area contributed by atoms with Crippen molar-refractivity contribution in [3.63, 3.8) is 0 Å². The molecule has 0 radical (unpaired) electrons. The molecule has 2 fully saturated rings. The molecule has 0 spiro atoms. The number of nitrogens with zero attached hydrogens (tertiary/aromatic N) is 1. The molecule has 2 unspecified atom stereocenters. The molecule has 1 N–H and O–H groups in total. The molecule has 2 bridgehead atoms. The van der Waals surface area contributed by atoms with Crippen LogP contribution in [0.1, 0.15) is 51.5 Å². The third-order valence-electron chi connectivity index (χ3n) is 4.97. The zero-order valence-electron chi connectivity index (χ0n) is 12.0. The van der Waals surface area contributed by atoms with Gasteiger partial charge in [-0.05, 0) is 45.1 Å². The second-order valence-electron chi connectivity index (χ2n) is 6.59. The van der Waals surface area contributed by atoms with Crippen molar-refractivity contribution in [2.45, 2.75) is 69.7 Å². The van der Waals surface area contributed by atoms with E-state index in [1.165, 1.54) is 19.3 Å². The highest BCUT2D eigenvalue weighted by Gasteiger charge is 2.46. The Hall–Kier alpha value is -0.860. The first-order chi connectivity index (χ1) is 9.10. The summed E-state index contributed by atoms with van der Waals surface area (Å²) in [6.07, 6.45) is 5.59. The topological polar surface area (TPSA) is 23.5 Å². The standard InChI is InChI=1S/C17H25NO/c1-13(2)18-15-9-6-10-16(18)12-17(19,11-15)14-7-4-3-5-8-14/h3-5,7-8,13,15-16,19H,6,9-12H2,1-2H3. The van der Waals surface area contributed by atoms with Gasteiger partial charge < -0.3 is 5.11 Å². The summed E-state index contributed by atoms with van der Waals surface area (Å²) >= 11 is 0. The van der Waals surface area contributed by atoms with Crippen LogP contribution in [0.15, 0.2) is 30.3 Å². The van der Waals surface area contributed by atoms with Crippen molar-refractivity contribution in [1.82, 2.24) is 4.90 Å². The monoisotopic (exact) mass is 259 g/mol. The summed E-state index contributed by atoms with van der Waals surface area (Å²) in [5, 5.41) is 11.1. The van der Waals surface area contributed by atoms with Gasteiger partial charge in [0.05, 0.1) is 5.60 Å². The van der Waals surface area contributed by atoms with Crippen molar-refractivity contribution in [3.05, 3.63) is 35.9 Å². The van der Waals surface area contributed by atoms with E-state index >= 15 is 0 Å². The first kappa shape index (κ1) is 13.1. The van der Waals surface area contributed by atoms with Gasteiger partial charge in [0, 0.05) is 18.1 Å². The highest BCUT2D eigenvalue weighted by molar-refractivity contribution is 5.24. The van der Waals surface area contributed by atoms with E-state index in [0.29, 0.717) is 18.1 Å². The number of hydrogen-bond donors (Lipinski definition) is 1. The molecule has 2 aliphatic heterocycles. The second kappa shape index (κ2) is 4.92. The van der Waals surface area contributed by atoms with Gasteiger partial charge in [-0.15, -0.1) is 0 Å². The van der Waals surface area contributed by atoms with Crippen molar-refractivity contribution in [2.24, 2.45) is 0 Å². The Bertz CT molecular complexity index is 414. The third kappa shape index (κ3) is 2.32. The molecule has 1 aromatic rings. The van der Waals surface area contributed by atoms with E-state index in [0.717, 1.165) is 18.4 Å². The summed E-state index contributed by atoms with van der Waals surface area (Å²) in [6, 6.07) is 12.0. The summed E-state index contributed by atoms with van der Waals surface area (Å²) in [5.74, 6) is 0. The molecule has 0 aromatic heterocycles. The van der Waals surface area contributed by atoms with E-state index in [1.54, 1.807) is 0 Å². The average molecular weight is 259 g/mol. The lowest BCUT2D eigenvalue weighted by Gasteiger charge is -2.54. The van der Waals surface area contributed by atoms with Crippen molar-refractivity contribution in [3.8, 4) is 0 Å². The van der Waals surface area contributed by atoms with Crippen LogP contribution in [0, 0.1) is 0 Å². The van der Waals surface area contributed by atoms with Gasteiger partial charge in [-0.25, -0.2) is 0 Å². The molecular formula is C17H25NO. The normalized spacial score (nSPS) is 35.6. The summed E-state index contributed by atoms with van der Waals surface area (Å²) in [5.41, 5.74) is 0.498. The van der Waals surface area contributed by atoms with E-state index in [1.807, 2.05) is 18.2 Å².